The van der Waals surface area contributed by atoms with Crippen molar-refractivity contribution in [3.8, 4) is 28.1 Å². The van der Waals surface area contributed by atoms with Gasteiger partial charge in [-0.05, 0) is 103 Å². The van der Waals surface area contributed by atoms with E-state index in [2.05, 4.69) is 11.8 Å². The summed E-state index contributed by atoms with van der Waals surface area (Å²) in [6, 6.07) is 14.3. The lowest BCUT2D eigenvalue weighted by atomic mass is 9.92. The van der Waals surface area contributed by atoms with Crippen molar-refractivity contribution in [2.75, 3.05) is 24.6 Å². The number of halogens is 1. The predicted octanol–water partition coefficient (Wildman–Crippen LogP) is 7.78. The standard InChI is InChI=1S/C37H45FN4O5/c1-23-10-7-8-19-45-37(6)15-17-41(18-16-37)34-32(33(35(43)44)47-36(3,4)5)24(2)39-31-22-29(40-42(31)34)26-12-9-11-25(20-26)28-21-27(38)13-14-30(28)46-23/h9,11-14,20-23,33H,7-8,10,15-19H2,1-6H3,(H,43,44)/t23-,33-/m0/s1. The van der Waals surface area contributed by atoms with Gasteiger partial charge in [-0.3, -0.25) is 0 Å². The summed E-state index contributed by atoms with van der Waals surface area (Å²) in [6.45, 7) is 13.5. The van der Waals surface area contributed by atoms with Gasteiger partial charge in [0.05, 0.1) is 28.6 Å². The molecule has 47 heavy (non-hydrogen) atoms. The molecule has 0 unspecified atom stereocenters. The first-order valence-electron chi connectivity index (χ1n) is 16.6. The highest BCUT2D eigenvalue weighted by Gasteiger charge is 2.38. The molecule has 0 amide bonds. The largest absolute Gasteiger partial charge is 0.490 e. The van der Waals surface area contributed by atoms with Crippen LogP contribution in [0.25, 0.3) is 28.0 Å². The van der Waals surface area contributed by atoms with Crippen molar-refractivity contribution < 1.29 is 28.5 Å². The number of rotatable bonds is 3. The number of fused-ring (bicyclic) bond motifs is 8. The summed E-state index contributed by atoms with van der Waals surface area (Å²) in [6.07, 6.45) is 2.94. The molecule has 3 aliphatic rings. The molecule has 6 bridgehead atoms. The smallest absolute Gasteiger partial charge is 0.337 e. The van der Waals surface area contributed by atoms with Gasteiger partial charge in [-0.25, -0.2) is 14.2 Å². The maximum atomic E-state index is 14.6. The minimum absolute atomic E-state index is 0.0518. The number of benzene rings is 2. The van der Waals surface area contributed by atoms with Gasteiger partial charge in [-0.1, -0.05) is 18.2 Å². The predicted molar refractivity (Wildman–Crippen MR) is 180 cm³/mol. The van der Waals surface area contributed by atoms with Crippen molar-refractivity contribution in [2.45, 2.75) is 97.1 Å². The molecule has 0 aliphatic carbocycles. The third-order valence-corrected chi connectivity index (χ3v) is 9.08. The van der Waals surface area contributed by atoms with E-state index in [1.165, 1.54) is 12.1 Å². The highest BCUT2D eigenvalue weighted by molar-refractivity contribution is 5.80. The average Bonchev–Trinajstić information content (AvgIpc) is 3.43. The van der Waals surface area contributed by atoms with Crippen LogP contribution in [0.1, 0.15) is 84.1 Å². The zero-order chi connectivity index (χ0) is 33.5. The van der Waals surface area contributed by atoms with Crippen LogP contribution in [0.2, 0.25) is 0 Å². The summed E-state index contributed by atoms with van der Waals surface area (Å²) in [5, 5.41) is 15.5. The second-order valence-corrected chi connectivity index (χ2v) is 14.1. The Morgan fingerprint density at radius 1 is 1.11 bits per heavy atom. The monoisotopic (exact) mass is 644 g/mol. The van der Waals surface area contributed by atoms with E-state index >= 15 is 0 Å². The van der Waals surface area contributed by atoms with Crippen LogP contribution in [0, 0.1) is 12.7 Å². The zero-order valence-electron chi connectivity index (χ0n) is 28.2. The number of aryl methyl sites for hydroxylation is 1. The zero-order valence-corrected chi connectivity index (χ0v) is 28.2. The summed E-state index contributed by atoms with van der Waals surface area (Å²) in [7, 11) is 0. The van der Waals surface area contributed by atoms with Crippen LogP contribution in [0.4, 0.5) is 10.2 Å². The van der Waals surface area contributed by atoms with Gasteiger partial charge in [0.1, 0.15) is 17.4 Å². The van der Waals surface area contributed by atoms with E-state index in [1.807, 2.05) is 65.0 Å². The van der Waals surface area contributed by atoms with Crippen LogP contribution in [0.3, 0.4) is 0 Å². The first-order chi connectivity index (χ1) is 22.3. The number of aromatic nitrogens is 3. The number of carboxylic acid groups (broad SMARTS) is 1. The number of piperidine rings is 1. The number of carbonyl (C=O) groups is 1. The van der Waals surface area contributed by atoms with Crippen LogP contribution < -0.4 is 9.64 Å². The molecule has 3 aliphatic heterocycles. The number of nitrogens with zero attached hydrogens (tertiary/aromatic N) is 4. The molecule has 0 radical (unpaired) electrons. The van der Waals surface area contributed by atoms with Crippen molar-refractivity contribution >= 4 is 17.4 Å². The van der Waals surface area contributed by atoms with Crippen molar-refractivity contribution in [3.63, 3.8) is 0 Å². The third-order valence-electron chi connectivity index (χ3n) is 9.08. The van der Waals surface area contributed by atoms with E-state index in [-0.39, 0.29) is 17.5 Å². The Morgan fingerprint density at radius 3 is 2.57 bits per heavy atom. The maximum absolute atomic E-state index is 14.6. The molecule has 1 N–H and O–H groups in total. The Labute approximate surface area is 275 Å². The van der Waals surface area contributed by atoms with Crippen LogP contribution >= 0.6 is 0 Å². The van der Waals surface area contributed by atoms with Gasteiger partial charge in [0.2, 0.25) is 0 Å². The molecule has 7 rings (SSSR count). The van der Waals surface area contributed by atoms with Gasteiger partial charge in [-0.15, -0.1) is 0 Å². The first-order valence-corrected chi connectivity index (χ1v) is 16.6. The molecule has 10 heteroatoms. The molecular weight excluding hydrogens is 599 g/mol. The van der Waals surface area contributed by atoms with Crippen LogP contribution in [-0.2, 0) is 14.3 Å². The highest BCUT2D eigenvalue weighted by Crippen LogP contribution is 2.39. The number of aliphatic carboxylic acids is 1. The summed E-state index contributed by atoms with van der Waals surface area (Å²) in [5.74, 6) is -0.140. The molecule has 0 spiro atoms. The molecule has 9 nitrogen and oxygen atoms in total. The Hall–Kier alpha value is -4.02. The normalized spacial score (nSPS) is 21.3. The lowest BCUT2D eigenvalue weighted by Crippen LogP contribution is -2.46. The Kier molecular flexibility index (Phi) is 9.02. The van der Waals surface area contributed by atoms with E-state index in [1.54, 1.807) is 10.6 Å². The van der Waals surface area contributed by atoms with Gasteiger partial charge in [0.15, 0.2) is 11.8 Å². The lowest BCUT2D eigenvalue weighted by molar-refractivity contribution is -0.160. The van der Waals surface area contributed by atoms with E-state index in [0.29, 0.717) is 59.4 Å². The molecule has 4 aromatic rings. The molecule has 2 atom stereocenters. The summed E-state index contributed by atoms with van der Waals surface area (Å²) in [4.78, 5) is 19.9. The Bertz CT molecular complexity index is 1770. The van der Waals surface area contributed by atoms with Crippen LogP contribution in [0.15, 0.2) is 48.5 Å². The molecular formula is C37H45FN4O5. The fourth-order valence-corrected chi connectivity index (χ4v) is 6.59. The Balaban J connectivity index is 1.53. The second-order valence-electron chi connectivity index (χ2n) is 14.1. The fourth-order valence-electron chi connectivity index (χ4n) is 6.59. The number of hydrogen-bond acceptors (Lipinski definition) is 7. The van der Waals surface area contributed by atoms with Crippen molar-refractivity contribution in [3.05, 3.63) is 65.6 Å². The topological polar surface area (TPSA) is 98.4 Å². The van der Waals surface area contributed by atoms with E-state index < -0.39 is 17.7 Å². The highest BCUT2D eigenvalue weighted by atomic mass is 19.1. The van der Waals surface area contributed by atoms with Crippen molar-refractivity contribution in [1.29, 1.82) is 0 Å². The van der Waals surface area contributed by atoms with Crippen LogP contribution in [-0.4, -0.2) is 62.7 Å². The van der Waals surface area contributed by atoms with Gasteiger partial charge < -0.3 is 24.2 Å². The number of hydrogen-bond donors (Lipinski definition) is 1. The second kappa shape index (κ2) is 12.9. The lowest BCUT2D eigenvalue weighted by Gasteiger charge is -2.41. The summed E-state index contributed by atoms with van der Waals surface area (Å²) >= 11 is 0. The molecule has 2 aromatic heterocycles. The summed E-state index contributed by atoms with van der Waals surface area (Å²) < 4.78 is 35.4. The van der Waals surface area contributed by atoms with Gasteiger partial charge in [0, 0.05) is 42.6 Å². The maximum Gasteiger partial charge on any atom is 0.337 e. The minimum Gasteiger partial charge on any atom is -0.490 e. The number of anilines is 1. The quantitative estimate of drug-likeness (QED) is 0.242. The molecule has 5 heterocycles. The minimum atomic E-state index is -1.25. The van der Waals surface area contributed by atoms with Gasteiger partial charge >= 0.3 is 5.97 Å². The Morgan fingerprint density at radius 2 is 1.85 bits per heavy atom. The van der Waals surface area contributed by atoms with E-state index in [4.69, 9.17) is 24.3 Å². The SMILES string of the molecule is Cc1nc2cc3nn2c(c1[C@H](OC(C)(C)C)C(=O)O)N1CCC(C)(CC1)OCCCC[C@H](C)Oc1ccc(F)cc1-c1cccc-3c1. The molecule has 1 saturated heterocycles. The molecule has 0 saturated carbocycles. The van der Waals surface area contributed by atoms with Gasteiger partial charge in [0.25, 0.3) is 0 Å². The van der Waals surface area contributed by atoms with Gasteiger partial charge in [-0.2, -0.15) is 9.61 Å². The van der Waals surface area contributed by atoms with E-state index in [9.17, 15) is 14.3 Å². The molecule has 2 aromatic carbocycles. The van der Waals surface area contributed by atoms with Crippen molar-refractivity contribution in [1.82, 2.24) is 14.6 Å². The fraction of sp³-hybridized carbons (Fsp3) is 0.486. The van der Waals surface area contributed by atoms with Crippen molar-refractivity contribution in [2.24, 2.45) is 0 Å². The average molecular weight is 645 g/mol. The molecule has 250 valence electrons. The van der Waals surface area contributed by atoms with Crippen LogP contribution in [0.5, 0.6) is 5.75 Å². The van der Waals surface area contributed by atoms with E-state index in [0.717, 1.165) is 43.2 Å². The number of carboxylic acids is 1. The summed E-state index contributed by atoms with van der Waals surface area (Å²) in [5.41, 5.74) is 3.59. The first kappa shape index (κ1) is 32.9. The third kappa shape index (κ3) is 7.13. The molecule has 1 fully saturated rings. The number of ether oxygens (including phenoxy) is 3.